The summed E-state index contributed by atoms with van der Waals surface area (Å²) in [5.74, 6) is 0. The Labute approximate surface area is 116 Å². The number of hydrogen-bond acceptors (Lipinski definition) is 1. The molecule has 2 aromatic rings. The Bertz CT molecular complexity index is 555. The zero-order valence-corrected chi connectivity index (χ0v) is 11.2. The molecule has 2 N–H and O–H groups in total. The average Bonchev–Trinajstić information content (AvgIpc) is 2.86. The molecule has 0 fully saturated rings. The highest BCUT2D eigenvalue weighted by Gasteiger charge is 2.30. The van der Waals surface area contributed by atoms with Gasteiger partial charge in [0.2, 0.25) is 0 Å². The van der Waals surface area contributed by atoms with Gasteiger partial charge >= 0.3 is 6.18 Å². The van der Waals surface area contributed by atoms with Gasteiger partial charge in [-0.3, -0.25) is 0 Å². The van der Waals surface area contributed by atoms with Crippen molar-refractivity contribution in [3.05, 3.63) is 53.9 Å². The third kappa shape index (κ3) is 3.22. The molecule has 0 amide bonds. The molecule has 5 heteroatoms. The summed E-state index contributed by atoms with van der Waals surface area (Å²) in [7, 11) is 0. The number of aromatic nitrogens is 1. The van der Waals surface area contributed by atoms with Gasteiger partial charge in [0.1, 0.15) is 0 Å². The number of benzene rings is 1. The van der Waals surface area contributed by atoms with Crippen LogP contribution in [-0.4, -0.2) is 10.6 Å². The SMILES string of the molecule is CCC(N)Cc1cccn1-c1ccc(C(F)(F)F)cc1. The number of rotatable bonds is 4. The van der Waals surface area contributed by atoms with Crippen molar-refractivity contribution in [1.82, 2.24) is 4.57 Å². The summed E-state index contributed by atoms with van der Waals surface area (Å²) in [5.41, 5.74) is 7.00. The lowest BCUT2D eigenvalue weighted by molar-refractivity contribution is -0.137. The first-order chi connectivity index (χ1) is 9.41. The summed E-state index contributed by atoms with van der Waals surface area (Å²) in [6.45, 7) is 2.01. The van der Waals surface area contributed by atoms with Crippen LogP contribution >= 0.6 is 0 Å². The molecule has 20 heavy (non-hydrogen) atoms. The fraction of sp³-hybridized carbons (Fsp3) is 0.333. The van der Waals surface area contributed by atoms with Crippen LogP contribution < -0.4 is 5.73 Å². The molecular formula is C15H17F3N2. The van der Waals surface area contributed by atoms with Crippen LogP contribution in [0.3, 0.4) is 0 Å². The van der Waals surface area contributed by atoms with Crippen LogP contribution in [0.5, 0.6) is 0 Å². The van der Waals surface area contributed by atoms with Crippen molar-refractivity contribution < 1.29 is 13.2 Å². The van der Waals surface area contributed by atoms with Gasteiger partial charge in [0.15, 0.2) is 0 Å². The van der Waals surface area contributed by atoms with Gasteiger partial charge in [-0.1, -0.05) is 6.92 Å². The normalized spacial score (nSPS) is 13.4. The van der Waals surface area contributed by atoms with Gasteiger partial charge in [0.05, 0.1) is 5.56 Å². The van der Waals surface area contributed by atoms with Crippen molar-refractivity contribution in [3.63, 3.8) is 0 Å². The van der Waals surface area contributed by atoms with Crippen molar-refractivity contribution in [3.8, 4) is 5.69 Å². The molecule has 0 aliphatic heterocycles. The van der Waals surface area contributed by atoms with E-state index in [1.54, 1.807) is 0 Å². The minimum Gasteiger partial charge on any atom is -0.327 e. The van der Waals surface area contributed by atoms with E-state index in [0.29, 0.717) is 12.1 Å². The predicted molar refractivity (Wildman–Crippen MR) is 72.7 cm³/mol. The number of hydrogen-bond donors (Lipinski definition) is 1. The van der Waals surface area contributed by atoms with Gasteiger partial charge in [-0.15, -0.1) is 0 Å². The molecule has 0 aliphatic carbocycles. The molecule has 2 rings (SSSR count). The van der Waals surface area contributed by atoms with E-state index in [1.165, 1.54) is 12.1 Å². The Balaban J connectivity index is 2.26. The van der Waals surface area contributed by atoms with Crippen molar-refractivity contribution in [2.24, 2.45) is 5.73 Å². The minimum absolute atomic E-state index is 0.0538. The van der Waals surface area contributed by atoms with Gasteiger partial charge in [-0.25, -0.2) is 0 Å². The van der Waals surface area contributed by atoms with E-state index in [2.05, 4.69) is 0 Å². The third-order valence-electron chi connectivity index (χ3n) is 3.30. The minimum atomic E-state index is -4.30. The standard InChI is InChI=1S/C15H17F3N2/c1-2-12(19)10-14-4-3-9-20(14)13-7-5-11(6-8-13)15(16,17)18/h3-9,12H,2,10,19H2,1H3. The van der Waals surface area contributed by atoms with E-state index < -0.39 is 11.7 Å². The quantitative estimate of drug-likeness (QED) is 0.909. The lowest BCUT2D eigenvalue weighted by atomic mass is 10.1. The Morgan fingerprint density at radius 3 is 2.35 bits per heavy atom. The second-order valence-electron chi connectivity index (χ2n) is 4.79. The van der Waals surface area contributed by atoms with Gasteiger partial charge in [0.25, 0.3) is 0 Å². The summed E-state index contributed by atoms with van der Waals surface area (Å²) >= 11 is 0. The summed E-state index contributed by atoms with van der Waals surface area (Å²) in [4.78, 5) is 0. The van der Waals surface area contributed by atoms with Crippen LogP contribution in [0.2, 0.25) is 0 Å². The molecule has 108 valence electrons. The molecule has 0 saturated carbocycles. The van der Waals surface area contributed by atoms with Crippen molar-refractivity contribution in [1.29, 1.82) is 0 Å². The van der Waals surface area contributed by atoms with E-state index >= 15 is 0 Å². The van der Waals surface area contributed by atoms with Crippen molar-refractivity contribution in [2.45, 2.75) is 32.0 Å². The van der Waals surface area contributed by atoms with Crippen LogP contribution in [0.25, 0.3) is 5.69 Å². The highest BCUT2D eigenvalue weighted by Crippen LogP contribution is 2.29. The first kappa shape index (κ1) is 14.7. The second-order valence-corrected chi connectivity index (χ2v) is 4.79. The highest BCUT2D eigenvalue weighted by atomic mass is 19.4. The number of alkyl halides is 3. The number of nitrogens with zero attached hydrogens (tertiary/aromatic N) is 1. The molecule has 2 nitrogen and oxygen atoms in total. The maximum atomic E-state index is 12.5. The number of halogens is 3. The van der Waals surface area contributed by atoms with E-state index in [0.717, 1.165) is 24.2 Å². The smallest absolute Gasteiger partial charge is 0.327 e. The molecule has 0 saturated heterocycles. The molecule has 1 atom stereocenters. The monoisotopic (exact) mass is 282 g/mol. The molecule has 1 heterocycles. The van der Waals surface area contributed by atoms with Crippen LogP contribution in [0.4, 0.5) is 13.2 Å². The molecule has 0 radical (unpaired) electrons. The molecular weight excluding hydrogens is 265 g/mol. The van der Waals surface area contributed by atoms with E-state index in [-0.39, 0.29) is 6.04 Å². The zero-order chi connectivity index (χ0) is 14.8. The van der Waals surface area contributed by atoms with Crippen LogP contribution in [0.1, 0.15) is 24.6 Å². The molecule has 0 bridgehead atoms. The maximum Gasteiger partial charge on any atom is 0.416 e. The fourth-order valence-corrected chi connectivity index (χ4v) is 2.06. The second kappa shape index (κ2) is 5.71. The largest absolute Gasteiger partial charge is 0.416 e. The Morgan fingerprint density at radius 2 is 1.80 bits per heavy atom. The van der Waals surface area contributed by atoms with Gasteiger partial charge < -0.3 is 10.3 Å². The Hall–Kier alpha value is -1.75. The lowest BCUT2D eigenvalue weighted by Crippen LogP contribution is -2.22. The zero-order valence-electron chi connectivity index (χ0n) is 11.2. The number of nitrogens with two attached hydrogens (primary N) is 1. The summed E-state index contributed by atoms with van der Waals surface area (Å²) in [6.07, 6.45) is -0.911. The lowest BCUT2D eigenvalue weighted by Gasteiger charge is -2.14. The van der Waals surface area contributed by atoms with E-state index in [1.807, 2.05) is 29.8 Å². The van der Waals surface area contributed by atoms with Gasteiger partial charge in [-0.05, 0) is 42.8 Å². The van der Waals surface area contributed by atoms with Gasteiger partial charge in [0, 0.05) is 30.0 Å². The summed E-state index contributed by atoms with van der Waals surface area (Å²) < 4.78 is 39.5. The third-order valence-corrected chi connectivity index (χ3v) is 3.30. The Kier molecular flexibility index (Phi) is 4.18. The summed E-state index contributed by atoms with van der Waals surface area (Å²) in [6, 6.07) is 9.01. The topological polar surface area (TPSA) is 30.9 Å². The fourth-order valence-electron chi connectivity index (χ4n) is 2.06. The first-order valence-corrected chi connectivity index (χ1v) is 6.51. The molecule has 1 aromatic carbocycles. The molecule has 0 spiro atoms. The Morgan fingerprint density at radius 1 is 1.15 bits per heavy atom. The van der Waals surface area contributed by atoms with Crippen molar-refractivity contribution >= 4 is 0 Å². The molecule has 0 aliphatic rings. The average molecular weight is 282 g/mol. The van der Waals surface area contributed by atoms with Crippen LogP contribution in [-0.2, 0) is 12.6 Å². The predicted octanol–water partition coefficient (Wildman–Crippen LogP) is 3.78. The van der Waals surface area contributed by atoms with E-state index in [4.69, 9.17) is 5.73 Å². The van der Waals surface area contributed by atoms with Crippen LogP contribution in [0, 0.1) is 0 Å². The van der Waals surface area contributed by atoms with E-state index in [9.17, 15) is 13.2 Å². The highest BCUT2D eigenvalue weighted by molar-refractivity contribution is 5.38. The van der Waals surface area contributed by atoms with Gasteiger partial charge in [-0.2, -0.15) is 13.2 Å². The van der Waals surface area contributed by atoms with Crippen molar-refractivity contribution in [2.75, 3.05) is 0 Å². The maximum absolute atomic E-state index is 12.5. The summed E-state index contributed by atoms with van der Waals surface area (Å²) in [5, 5.41) is 0. The first-order valence-electron chi connectivity index (χ1n) is 6.51. The molecule has 1 unspecified atom stereocenters. The van der Waals surface area contributed by atoms with Crippen LogP contribution in [0.15, 0.2) is 42.6 Å². The molecule has 1 aromatic heterocycles.